The van der Waals surface area contributed by atoms with E-state index >= 15 is 0 Å². The summed E-state index contributed by atoms with van der Waals surface area (Å²) in [6.07, 6.45) is 7.90. The average molecular weight is 383 g/mol. The van der Waals surface area contributed by atoms with E-state index in [-0.39, 0.29) is 11.8 Å². The summed E-state index contributed by atoms with van der Waals surface area (Å²) in [6, 6.07) is 8.22. The van der Waals surface area contributed by atoms with Gasteiger partial charge < -0.3 is 14.8 Å². The summed E-state index contributed by atoms with van der Waals surface area (Å²) in [5, 5.41) is 1.06. The van der Waals surface area contributed by atoms with E-state index in [1.54, 1.807) is 0 Å². The van der Waals surface area contributed by atoms with E-state index in [0.29, 0.717) is 25.7 Å². The highest BCUT2D eigenvalue weighted by atomic mass is 16.2. The van der Waals surface area contributed by atoms with Gasteiger partial charge in [-0.25, -0.2) is 0 Å². The van der Waals surface area contributed by atoms with Crippen LogP contribution in [0.5, 0.6) is 0 Å². The van der Waals surface area contributed by atoms with Gasteiger partial charge in [-0.15, -0.1) is 0 Å². The van der Waals surface area contributed by atoms with Gasteiger partial charge in [0.05, 0.1) is 17.6 Å². The van der Waals surface area contributed by atoms with E-state index in [1.165, 1.54) is 19.3 Å². The molecule has 1 aromatic heterocycles. The second kappa shape index (κ2) is 8.35. The number of piperazine rings is 1. The number of carbonyl (C=O) groups excluding carboxylic acids is 2. The fourth-order valence-corrected chi connectivity index (χ4v) is 4.52. The Morgan fingerprint density at radius 1 is 1.07 bits per heavy atom. The Bertz CT molecular complexity index is 832. The molecule has 0 unspecified atom stereocenters. The van der Waals surface area contributed by atoms with Gasteiger partial charge in [0.25, 0.3) is 5.91 Å². The number of para-hydroxylation sites is 1. The van der Waals surface area contributed by atoms with Crippen LogP contribution in [0.4, 0.5) is 0 Å². The lowest BCUT2D eigenvalue weighted by Gasteiger charge is -2.37. The van der Waals surface area contributed by atoms with Gasteiger partial charge in [0.1, 0.15) is 0 Å². The van der Waals surface area contributed by atoms with Gasteiger partial charge in [-0.2, -0.15) is 0 Å². The van der Waals surface area contributed by atoms with Crippen molar-refractivity contribution >= 4 is 22.7 Å². The maximum absolute atomic E-state index is 13.0. The molecular formula is C22H30N4O2. The van der Waals surface area contributed by atoms with Crippen LogP contribution in [0.25, 0.3) is 10.9 Å². The molecule has 0 spiro atoms. The topological polar surface area (TPSA) is 59.7 Å². The Labute approximate surface area is 166 Å². The lowest BCUT2D eigenvalue weighted by Crippen LogP contribution is -2.52. The molecule has 1 aromatic carbocycles. The molecule has 0 atom stereocenters. The fraction of sp³-hybridized carbons (Fsp3) is 0.545. The summed E-state index contributed by atoms with van der Waals surface area (Å²) >= 11 is 0. The predicted molar refractivity (Wildman–Crippen MR) is 110 cm³/mol. The zero-order valence-electron chi connectivity index (χ0n) is 16.7. The molecule has 2 aliphatic rings. The Morgan fingerprint density at radius 2 is 1.82 bits per heavy atom. The molecule has 2 fully saturated rings. The number of H-pyrrole nitrogens is 1. The summed E-state index contributed by atoms with van der Waals surface area (Å²) < 4.78 is 0. The molecule has 28 heavy (non-hydrogen) atoms. The number of amides is 2. The number of aromatic nitrogens is 1. The van der Waals surface area contributed by atoms with Crippen molar-refractivity contribution in [1.29, 1.82) is 0 Å². The number of nitrogens with zero attached hydrogens (tertiary/aromatic N) is 3. The molecule has 4 rings (SSSR count). The van der Waals surface area contributed by atoms with Crippen molar-refractivity contribution in [3.05, 3.63) is 36.0 Å². The third kappa shape index (κ3) is 3.92. The van der Waals surface area contributed by atoms with Gasteiger partial charge in [-0.1, -0.05) is 31.4 Å². The number of rotatable bonds is 4. The Hall–Kier alpha value is -2.34. The molecule has 1 saturated heterocycles. The van der Waals surface area contributed by atoms with E-state index in [1.807, 2.05) is 47.3 Å². The summed E-state index contributed by atoms with van der Waals surface area (Å²) in [4.78, 5) is 34.9. The first-order valence-corrected chi connectivity index (χ1v) is 10.5. The normalized spacial score (nSPS) is 19.1. The van der Waals surface area contributed by atoms with E-state index in [0.717, 1.165) is 42.4 Å². The SMILES string of the molecule is CN(C(=O)CN1CCN(C(=O)c2cccc3cc[nH]c23)CC1)C1CCCCC1. The third-order valence-electron chi connectivity index (χ3n) is 6.35. The summed E-state index contributed by atoms with van der Waals surface area (Å²) in [7, 11) is 1.95. The molecule has 1 aliphatic heterocycles. The monoisotopic (exact) mass is 382 g/mol. The molecular weight excluding hydrogens is 352 g/mol. The maximum Gasteiger partial charge on any atom is 0.256 e. The minimum atomic E-state index is 0.0679. The molecule has 2 amide bonds. The first kappa shape index (κ1) is 19.0. The van der Waals surface area contributed by atoms with Gasteiger partial charge in [0.2, 0.25) is 5.91 Å². The van der Waals surface area contributed by atoms with Crippen LogP contribution in [0, 0.1) is 0 Å². The van der Waals surface area contributed by atoms with Crippen LogP contribution in [0.15, 0.2) is 30.5 Å². The number of aromatic amines is 1. The lowest BCUT2D eigenvalue weighted by atomic mass is 9.94. The van der Waals surface area contributed by atoms with Crippen molar-refractivity contribution in [1.82, 2.24) is 19.7 Å². The van der Waals surface area contributed by atoms with Crippen molar-refractivity contribution in [2.75, 3.05) is 39.8 Å². The minimum Gasteiger partial charge on any atom is -0.361 e. The van der Waals surface area contributed by atoms with Gasteiger partial charge in [0.15, 0.2) is 0 Å². The number of likely N-dealkylation sites (N-methyl/N-ethyl adjacent to an activating group) is 1. The fourth-order valence-electron chi connectivity index (χ4n) is 4.52. The number of fused-ring (bicyclic) bond motifs is 1. The van der Waals surface area contributed by atoms with Crippen LogP contribution in [-0.2, 0) is 4.79 Å². The number of nitrogens with one attached hydrogen (secondary N) is 1. The quantitative estimate of drug-likeness (QED) is 0.885. The first-order valence-electron chi connectivity index (χ1n) is 10.5. The van der Waals surface area contributed by atoms with Crippen LogP contribution >= 0.6 is 0 Å². The van der Waals surface area contributed by atoms with Crippen molar-refractivity contribution in [3.8, 4) is 0 Å². The molecule has 1 N–H and O–H groups in total. The van der Waals surface area contributed by atoms with Crippen LogP contribution in [0.2, 0.25) is 0 Å². The highest BCUT2D eigenvalue weighted by molar-refractivity contribution is 6.05. The predicted octanol–water partition coefficient (Wildman–Crippen LogP) is 2.72. The number of carbonyl (C=O) groups is 2. The van der Waals surface area contributed by atoms with Crippen molar-refractivity contribution < 1.29 is 9.59 Å². The summed E-state index contributed by atoms with van der Waals surface area (Å²) in [5.41, 5.74) is 1.63. The number of hydrogen-bond donors (Lipinski definition) is 1. The number of benzene rings is 1. The first-order chi connectivity index (χ1) is 13.6. The van der Waals surface area contributed by atoms with E-state index in [2.05, 4.69) is 9.88 Å². The molecule has 1 saturated carbocycles. The second-order valence-electron chi connectivity index (χ2n) is 8.11. The zero-order chi connectivity index (χ0) is 19.5. The minimum absolute atomic E-state index is 0.0679. The third-order valence-corrected chi connectivity index (χ3v) is 6.35. The Morgan fingerprint density at radius 3 is 2.57 bits per heavy atom. The molecule has 6 nitrogen and oxygen atoms in total. The zero-order valence-corrected chi connectivity index (χ0v) is 16.7. The van der Waals surface area contributed by atoms with Crippen LogP contribution in [0.1, 0.15) is 42.5 Å². The average Bonchev–Trinajstić information content (AvgIpc) is 3.23. The molecule has 6 heteroatoms. The second-order valence-corrected chi connectivity index (χ2v) is 8.11. The van der Waals surface area contributed by atoms with E-state index in [9.17, 15) is 9.59 Å². The van der Waals surface area contributed by atoms with Crippen LogP contribution < -0.4 is 0 Å². The van der Waals surface area contributed by atoms with Gasteiger partial charge in [-0.05, 0) is 25.0 Å². The molecule has 0 bridgehead atoms. The smallest absolute Gasteiger partial charge is 0.256 e. The lowest BCUT2D eigenvalue weighted by molar-refractivity contribution is -0.134. The highest BCUT2D eigenvalue weighted by Crippen LogP contribution is 2.22. The van der Waals surface area contributed by atoms with E-state index in [4.69, 9.17) is 0 Å². The molecule has 1 aliphatic carbocycles. The van der Waals surface area contributed by atoms with Gasteiger partial charge in [0, 0.05) is 50.9 Å². The Kier molecular flexibility index (Phi) is 5.67. The Balaban J connectivity index is 1.31. The van der Waals surface area contributed by atoms with Crippen LogP contribution in [-0.4, -0.2) is 77.3 Å². The molecule has 2 heterocycles. The maximum atomic E-state index is 13.0. The standard InChI is InChI=1S/C22H30N4O2/c1-24(18-7-3-2-4-8-18)20(27)16-25-12-14-26(15-13-25)22(28)19-9-5-6-17-10-11-23-21(17)19/h5-6,9-11,18,23H,2-4,7-8,12-16H2,1H3. The summed E-state index contributed by atoms with van der Waals surface area (Å²) in [5.74, 6) is 0.279. The van der Waals surface area contributed by atoms with Gasteiger partial charge >= 0.3 is 0 Å². The molecule has 150 valence electrons. The highest BCUT2D eigenvalue weighted by Gasteiger charge is 2.27. The molecule has 0 radical (unpaired) electrons. The van der Waals surface area contributed by atoms with Crippen molar-refractivity contribution in [2.24, 2.45) is 0 Å². The number of hydrogen-bond acceptors (Lipinski definition) is 3. The van der Waals surface area contributed by atoms with Gasteiger partial charge in [-0.3, -0.25) is 14.5 Å². The molecule has 2 aromatic rings. The summed E-state index contributed by atoms with van der Waals surface area (Å²) in [6.45, 7) is 3.28. The van der Waals surface area contributed by atoms with E-state index < -0.39 is 0 Å². The van der Waals surface area contributed by atoms with Crippen molar-refractivity contribution in [2.45, 2.75) is 38.1 Å². The largest absolute Gasteiger partial charge is 0.361 e. The van der Waals surface area contributed by atoms with Crippen LogP contribution in [0.3, 0.4) is 0 Å². The van der Waals surface area contributed by atoms with Crippen molar-refractivity contribution in [3.63, 3.8) is 0 Å².